The highest BCUT2D eigenvalue weighted by Crippen LogP contribution is 2.37. The van der Waals surface area contributed by atoms with Crippen molar-refractivity contribution in [2.45, 2.75) is 34.5 Å². The van der Waals surface area contributed by atoms with Gasteiger partial charge in [-0.3, -0.25) is 0 Å². The van der Waals surface area contributed by atoms with E-state index in [9.17, 15) is 13.2 Å². The van der Waals surface area contributed by atoms with E-state index in [1.54, 1.807) is 0 Å². The largest absolute Gasteiger partial charge is 0.417 e. The number of ether oxygens (including phenoxy) is 2. The molecule has 3 heterocycles. The van der Waals surface area contributed by atoms with E-state index < -0.39 is 17.5 Å². The van der Waals surface area contributed by atoms with E-state index >= 15 is 0 Å². The topological polar surface area (TPSA) is 34.6 Å². The molecular formula is C15H16Br2ClF3N2O2. The minimum atomic E-state index is -4.46. The van der Waals surface area contributed by atoms with Gasteiger partial charge in [0.15, 0.2) is 5.79 Å². The zero-order valence-corrected chi connectivity index (χ0v) is 17.0. The Balaban J connectivity index is 1.68. The van der Waals surface area contributed by atoms with Crippen LogP contribution in [0.25, 0.3) is 0 Å². The third-order valence-electron chi connectivity index (χ3n) is 4.38. The van der Waals surface area contributed by atoms with Crippen LogP contribution in [0.5, 0.6) is 0 Å². The van der Waals surface area contributed by atoms with Crippen LogP contribution in [-0.2, 0) is 15.7 Å². The van der Waals surface area contributed by atoms with Crippen molar-refractivity contribution in [1.82, 2.24) is 4.98 Å². The predicted octanol–water partition coefficient (Wildman–Crippen LogP) is 4.62. The standard InChI is InChI=1S/C15H16Br2ClF3N2O2/c16-10-7-24-14(25-8-11(10)17)1-3-23(4-2-14)13-12(18)5-9(6-22-13)15(19,20)21/h5-6,10-11H,1-4,7-8H2/t10-,11-/m1/s1. The van der Waals surface area contributed by atoms with Crippen molar-refractivity contribution >= 4 is 49.3 Å². The van der Waals surface area contributed by atoms with Gasteiger partial charge in [-0.1, -0.05) is 43.5 Å². The lowest BCUT2D eigenvalue weighted by Gasteiger charge is -2.41. The summed E-state index contributed by atoms with van der Waals surface area (Å²) < 4.78 is 50.1. The number of hydrogen-bond acceptors (Lipinski definition) is 4. The van der Waals surface area contributed by atoms with Gasteiger partial charge in [0, 0.05) is 32.1 Å². The maximum atomic E-state index is 12.7. The Hall–Kier alpha value is -0.0900. The van der Waals surface area contributed by atoms with Crippen LogP contribution in [0.3, 0.4) is 0 Å². The van der Waals surface area contributed by atoms with Gasteiger partial charge in [-0.25, -0.2) is 4.98 Å². The van der Waals surface area contributed by atoms with Crippen LogP contribution in [-0.4, -0.2) is 46.7 Å². The number of piperidine rings is 1. The van der Waals surface area contributed by atoms with Gasteiger partial charge < -0.3 is 14.4 Å². The summed E-state index contributed by atoms with van der Waals surface area (Å²) in [4.78, 5) is 6.11. The van der Waals surface area contributed by atoms with E-state index in [1.165, 1.54) is 0 Å². The van der Waals surface area contributed by atoms with Gasteiger partial charge in [0.2, 0.25) is 0 Å². The number of halogens is 6. The summed E-state index contributed by atoms with van der Waals surface area (Å²) in [7, 11) is 0. The van der Waals surface area contributed by atoms with E-state index in [2.05, 4.69) is 36.8 Å². The van der Waals surface area contributed by atoms with Gasteiger partial charge in [-0.2, -0.15) is 13.2 Å². The first-order chi connectivity index (χ1) is 11.7. The van der Waals surface area contributed by atoms with Crippen LogP contribution in [0.2, 0.25) is 5.02 Å². The summed E-state index contributed by atoms with van der Waals surface area (Å²) >= 11 is 13.1. The molecule has 140 valence electrons. The molecule has 2 aliphatic rings. The molecule has 1 aromatic heterocycles. The van der Waals surface area contributed by atoms with Crippen molar-refractivity contribution < 1.29 is 22.6 Å². The lowest BCUT2D eigenvalue weighted by Crippen LogP contribution is -2.48. The van der Waals surface area contributed by atoms with Gasteiger partial charge in [-0.05, 0) is 6.07 Å². The first-order valence-corrected chi connectivity index (χ1v) is 9.95. The third-order valence-corrected chi connectivity index (χ3v) is 7.17. The van der Waals surface area contributed by atoms with E-state index in [1.807, 2.05) is 4.90 Å². The first-order valence-electron chi connectivity index (χ1n) is 7.74. The molecule has 2 atom stereocenters. The zero-order valence-electron chi connectivity index (χ0n) is 13.0. The lowest BCUT2D eigenvalue weighted by molar-refractivity contribution is -0.234. The first kappa shape index (κ1) is 19.7. The van der Waals surface area contributed by atoms with Crippen molar-refractivity contribution in [1.29, 1.82) is 0 Å². The number of hydrogen-bond donors (Lipinski definition) is 0. The van der Waals surface area contributed by atoms with E-state index in [-0.39, 0.29) is 14.7 Å². The maximum absolute atomic E-state index is 12.7. The Morgan fingerprint density at radius 2 is 1.72 bits per heavy atom. The number of aromatic nitrogens is 1. The average Bonchev–Trinajstić information content (AvgIpc) is 2.70. The van der Waals surface area contributed by atoms with Crippen molar-refractivity contribution in [2.75, 3.05) is 31.2 Å². The van der Waals surface area contributed by atoms with Crippen molar-refractivity contribution in [3.05, 3.63) is 22.8 Å². The summed E-state index contributed by atoms with van der Waals surface area (Å²) in [5, 5.41) is -0.00507. The van der Waals surface area contributed by atoms with Gasteiger partial charge in [0.05, 0.1) is 33.5 Å². The average molecular weight is 509 g/mol. The van der Waals surface area contributed by atoms with Crippen LogP contribution in [0, 0.1) is 0 Å². The number of alkyl halides is 5. The second-order valence-corrected chi connectivity index (χ2v) is 8.84. The van der Waals surface area contributed by atoms with Crippen LogP contribution in [0.4, 0.5) is 19.0 Å². The fourth-order valence-corrected chi connectivity index (χ4v) is 3.74. The SMILES string of the molecule is FC(F)(F)c1cnc(N2CCC3(CC2)OC[C@@H](Br)[C@H](Br)CO3)c(Cl)c1. The van der Waals surface area contributed by atoms with Gasteiger partial charge in [0.1, 0.15) is 5.82 Å². The maximum Gasteiger partial charge on any atom is 0.417 e. The lowest BCUT2D eigenvalue weighted by atomic mass is 10.0. The molecule has 4 nitrogen and oxygen atoms in total. The summed E-state index contributed by atoms with van der Waals surface area (Å²) in [6.07, 6.45) is -2.46. The second-order valence-electron chi connectivity index (χ2n) is 6.08. The van der Waals surface area contributed by atoms with Crippen LogP contribution < -0.4 is 4.90 Å². The Kier molecular flexibility index (Phi) is 5.90. The molecule has 0 bridgehead atoms. The predicted molar refractivity (Wildman–Crippen MR) is 95.8 cm³/mol. The van der Waals surface area contributed by atoms with E-state index in [0.29, 0.717) is 45.0 Å². The van der Waals surface area contributed by atoms with Crippen LogP contribution in [0.15, 0.2) is 12.3 Å². The van der Waals surface area contributed by atoms with Crippen LogP contribution >= 0.6 is 43.5 Å². The number of nitrogens with zero attached hydrogens (tertiary/aromatic N) is 2. The van der Waals surface area contributed by atoms with E-state index in [4.69, 9.17) is 21.1 Å². The molecule has 0 amide bonds. The highest BCUT2D eigenvalue weighted by Gasteiger charge is 2.41. The molecule has 3 rings (SSSR count). The Morgan fingerprint density at radius 3 is 2.20 bits per heavy atom. The number of pyridine rings is 1. The zero-order chi connectivity index (χ0) is 18.2. The molecule has 0 N–H and O–H groups in total. The quantitative estimate of drug-likeness (QED) is 0.519. The smallest absolute Gasteiger partial charge is 0.355 e. The number of rotatable bonds is 1. The number of anilines is 1. The third kappa shape index (κ3) is 4.43. The minimum Gasteiger partial charge on any atom is -0.355 e. The molecule has 0 aliphatic carbocycles. The fourth-order valence-electron chi connectivity index (χ4n) is 2.88. The summed E-state index contributed by atoms with van der Waals surface area (Å²) in [6.45, 7) is 2.13. The second kappa shape index (κ2) is 7.50. The Labute approximate surface area is 165 Å². The molecule has 1 aromatic rings. The van der Waals surface area contributed by atoms with Crippen LogP contribution in [0.1, 0.15) is 18.4 Å². The molecule has 2 fully saturated rings. The highest BCUT2D eigenvalue weighted by molar-refractivity contribution is 9.12. The summed E-state index contributed by atoms with van der Waals surface area (Å²) in [6, 6.07) is 0.914. The highest BCUT2D eigenvalue weighted by atomic mass is 79.9. The molecular weight excluding hydrogens is 492 g/mol. The molecule has 0 aromatic carbocycles. The molecule has 0 radical (unpaired) electrons. The van der Waals surface area contributed by atoms with Gasteiger partial charge in [-0.15, -0.1) is 0 Å². The van der Waals surface area contributed by atoms with Crippen molar-refractivity contribution in [2.24, 2.45) is 0 Å². The van der Waals surface area contributed by atoms with Crippen molar-refractivity contribution in [3.63, 3.8) is 0 Å². The summed E-state index contributed by atoms with van der Waals surface area (Å²) in [5.74, 6) is -0.307. The Morgan fingerprint density at radius 1 is 1.16 bits per heavy atom. The molecule has 25 heavy (non-hydrogen) atoms. The van der Waals surface area contributed by atoms with Gasteiger partial charge in [0.25, 0.3) is 0 Å². The molecule has 0 saturated carbocycles. The van der Waals surface area contributed by atoms with Gasteiger partial charge >= 0.3 is 6.18 Å². The van der Waals surface area contributed by atoms with Crippen molar-refractivity contribution in [3.8, 4) is 0 Å². The van der Waals surface area contributed by atoms with E-state index in [0.717, 1.165) is 12.3 Å². The minimum absolute atomic E-state index is 0.00507. The molecule has 0 unspecified atom stereocenters. The molecule has 2 aliphatic heterocycles. The monoisotopic (exact) mass is 506 g/mol. The molecule has 2 saturated heterocycles. The molecule has 10 heteroatoms. The summed E-state index contributed by atoms with van der Waals surface area (Å²) in [5.41, 5.74) is -0.850. The molecule has 1 spiro atoms. The normalized spacial score (nSPS) is 27.4. The fraction of sp³-hybridized carbons (Fsp3) is 0.667. The Bertz CT molecular complexity index is 613.